The standard InChI is InChI=1S/C24H29BrN2O3/c1-17-7-3-6-10-22(17)30-16-23(28)27(15-19-11-13-20(25)14-12-19)18(2)24(29)26-21-8-4-5-9-21/h3,6-7,10-14,18,21H,4-5,8-9,15-16H2,1-2H3,(H,26,29)/t18-/m1/s1. The lowest BCUT2D eigenvalue weighted by Crippen LogP contribution is -2.50. The van der Waals surface area contributed by atoms with E-state index in [2.05, 4.69) is 21.2 Å². The molecule has 0 heterocycles. The lowest BCUT2D eigenvalue weighted by Gasteiger charge is -2.29. The number of halogens is 1. The summed E-state index contributed by atoms with van der Waals surface area (Å²) in [5.41, 5.74) is 1.93. The van der Waals surface area contributed by atoms with Gasteiger partial charge in [0.2, 0.25) is 5.91 Å². The minimum Gasteiger partial charge on any atom is -0.484 e. The molecule has 1 N–H and O–H groups in total. The molecule has 0 aromatic heterocycles. The van der Waals surface area contributed by atoms with Gasteiger partial charge in [-0.25, -0.2) is 0 Å². The predicted molar refractivity (Wildman–Crippen MR) is 121 cm³/mol. The summed E-state index contributed by atoms with van der Waals surface area (Å²) in [4.78, 5) is 27.6. The van der Waals surface area contributed by atoms with Crippen LogP contribution in [0.15, 0.2) is 53.0 Å². The summed E-state index contributed by atoms with van der Waals surface area (Å²) >= 11 is 3.43. The van der Waals surface area contributed by atoms with Crippen molar-refractivity contribution in [1.82, 2.24) is 10.2 Å². The Balaban J connectivity index is 1.71. The Morgan fingerprint density at radius 2 is 1.80 bits per heavy atom. The van der Waals surface area contributed by atoms with E-state index in [9.17, 15) is 9.59 Å². The minimum absolute atomic E-state index is 0.108. The van der Waals surface area contributed by atoms with E-state index in [4.69, 9.17) is 4.74 Å². The number of hydrogen-bond donors (Lipinski definition) is 1. The molecular weight excluding hydrogens is 444 g/mol. The maximum absolute atomic E-state index is 13.1. The van der Waals surface area contributed by atoms with Crippen LogP contribution in [0.2, 0.25) is 0 Å². The Bertz CT molecular complexity index is 863. The van der Waals surface area contributed by atoms with Crippen LogP contribution in [-0.2, 0) is 16.1 Å². The summed E-state index contributed by atoms with van der Waals surface area (Å²) in [6.45, 7) is 3.97. The molecule has 3 rings (SSSR count). The van der Waals surface area contributed by atoms with E-state index in [1.54, 1.807) is 11.8 Å². The van der Waals surface area contributed by atoms with Gasteiger partial charge < -0.3 is 15.0 Å². The lowest BCUT2D eigenvalue weighted by atomic mass is 10.1. The van der Waals surface area contributed by atoms with Crippen molar-refractivity contribution in [3.8, 4) is 5.75 Å². The molecule has 0 bridgehead atoms. The average Bonchev–Trinajstić information content (AvgIpc) is 3.25. The van der Waals surface area contributed by atoms with Gasteiger partial charge in [-0.05, 0) is 56.0 Å². The molecule has 1 saturated carbocycles. The van der Waals surface area contributed by atoms with Gasteiger partial charge in [-0.2, -0.15) is 0 Å². The maximum Gasteiger partial charge on any atom is 0.261 e. The number of carbonyl (C=O) groups excluding carboxylic acids is 2. The second-order valence-electron chi connectivity index (χ2n) is 7.87. The van der Waals surface area contributed by atoms with Crippen molar-refractivity contribution in [1.29, 1.82) is 0 Å². The van der Waals surface area contributed by atoms with E-state index in [0.29, 0.717) is 12.3 Å². The zero-order chi connectivity index (χ0) is 21.5. The number of hydrogen-bond acceptors (Lipinski definition) is 3. The third-order valence-corrected chi connectivity index (χ3v) is 6.11. The smallest absolute Gasteiger partial charge is 0.261 e. The van der Waals surface area contributed by atoms with Crippen LogP contribution < -0.4 is 10.1 Å². The number of ether oxygens (including phenoxy) is 1. The Morgan fingerprint density at radius 3 is 2.47 bits per heavy atom. The van der Waals surface area contributed by atoms with E-state index in [1.807, 2.05) is 55.5 Å². The average molecular weight is 473 g/mol. The first-order valence-corrected chi connectivity index (χ1v) is 11.3. The van der Waals surface area contributed by atoms with Crippen molar-refractivity contribution in [3.05, 3.63) is 64.1 Å². The number of carbonyl (C=O) groups is 2. The molecule has 160 valence electrons. The van der Waals surface area contributed by atoms with Crippen LogP contribution in [0, 0.1) is 6.92 Å². The van der Waals surface area contributed by atoms with Crippen molar-refractivity contribution < 1.29 is 14.3 Å². The SMILES string of the molecule is Cc1ccccc1OCC(=O)N(Cc1ccc(Br)cc1)[C@H](C)C(=O)NC1CCCC1. The molecule has 0 saturated heterocycles. The molecular formula is C24H29BrN2O3. The molecule has 2 amide bonds. The van der Waals surface area contributed by atoms with Crippen molar-refractivity contribution in [2.45, 2.75) is 58.2 Å². The fourth-order valence-corrected chi connectivity index (χ4v) is 3.97. The van der Waals surface area contributed by atoms with E-state index in [1.165, 1.54) is 0 Å². The van der Waals surface area contributed by atoms with E-state index in [-0.39, 0.29) is 24.5 Å². The van der Waals surface area contributed by atoms with E-state index in [0.717, 1.165) is 41.3 Å². The Morgan fingerprint density at radius 1 is 1.13 bits per heavy atom. The third-order valence-electron chi connectivity index (χ3n) is 5.58. The molecule has 0 unspecified atom stereocenters. The fraction of sp³-hybridized carbons (Fsp3) is 0.417. The van der Waals surface area contributed by atoms with Crippen LogP contribution >= 0.6 is 15.9 Å². The van der Waals surface area contributed by atoms with Gasteiger partial charge in [-0.15, -0.1) is 0 Å². The van der Waals surface area contributed by atoms with Gasteiger partial charge in [0.15, 0.2) is 6.61 Å². The fourth-order valence-electron chi connectivity index (χ4n) is 3.70. The highest BCUT2D eigenvalue weighted by molar-refractivity contribution is 9.10. The van der Waals surface area contributed by atoms with Gasteiger partial charge >= 0.3 is 0 Å². The highest BCUT2D eigenvalue weighted by atomic mass is 79.9. The van der Waals surface area contributed by atoms with Gasteiger partial charge in [-0.1, -0.05) is 59.1 Å². The first-order chi connectivity index (χ1) is 14.4. The van der Waals surface area contributed by atoms with Gasteiger partial charge in [0, 0.05) is 17.1 Å². The van der Waals surface area contributed by atoms with Crippen molar-refractivity contribution in [3.63, 3.8) is 0 Å². The molecule has 2 aromatic carbocycles. The number of rotatable bonds is 8. The predicted octanol–water partition coefficient (Wildman–Crippen LogP) is 4.61. The zero-order valence-corrected chi connectivity index (χ0v) is 19.2. The maximum atomic E-state index is 13.1. The van der Waals surface area contributed by atoms with Crippen LogP contribution in [0.4, 0.5) is 0 Å². The second kappa shape index (κ2) is 10.6. The molecule has 0 radical (unpaired) electrons. The van der Waals surface area contributed by atoms with Gasteiger partial charge in [0.1, 0.15) is 11.8 Å². The van der Waals surface area contributed by atoms with Crippen LogP contribution in [0.3, 0.4) is 0 Å². The third kappa shape index (κ3) is 6.08. The summed E-state index contributed by atoms with van der Waals surface area (Å²) in [6.07, 6.45) is 4.31. The van der Waals surface area contributed by atoms with Gasteiger partial charge in [-0.3, -0.25) is 9.59 Å². The number of para-hydroxylation sites is 1. The van der Waals surface area contributed by atoms with Crippen molar-refractivity contribution in [2.75, 3.05) is 6.61 Å². The molecule has 2 aromatic rings. The number of aryl methyl sites for hydroxylation is 1. The molecule has 0 spiro atoms. The molecule has 0 aliphatic heterocycles. The molecule has 1 fully saturated rings. The van der Waals surface area contributed by atoms with Crippen LogP contribution in [0.5, 0.6) is 5.75 Å². The number of nitrogens with zero attached hydrogens (tertiary/aromatic N) is 1. The highest BCUT2D eigenvalue weighted by Gasteiger charge is 2.28. The number of benzene rings is 2. The van der Waals surface area contributed by atoms with Gasteiger partial charge in [0.05, 0.1) is 0 Å². The second-order valence-corrected chi connectivity index (χ2v) is 8.78. The normalized spacial score (nSPS) is 14.9. The topological polar surface area (TPSA) is 58.6 Å². The van der Waals surface area contributed by atoms with Crippen LogP contribution in [-0.4, -0.2) is 35.4 Å². The Kier molecular flexibility index (Phi) is 7.91. The monoisotopic (exact) mass is 472 g/mol. The zero-order valence-electron chi connectivity index (χ0n) is 17.6. The number of amides is 2. The van der Waals surface area contributed by atoms with Crippen molar-refractivity contribution >= 4 is 27.7 Å². The summed E-state index contributed by atoms with van der Waals surface area (Å²) in [5.74, 6) is 0.357. The largest absolute Gasteiger partial charge is 0.484 e. The Labute approximate surface area is 186 Å². The van der Waals surface area contributed by atoms with Crippen molar-refractivity contribution in [2.24, 2.45) is 0 Å². The summed E-state index contributed by atoms with van der Waals surface area (Å²) in [7, 11) is 0. The quantitative estimate of drug-likeness (QED) is 0.609. The molecule has 5 nitrogen and oxygen atoms in total. The van der Waals surface area contributed by atoms with Crippen LogP contribution in [0.25, 0.3) is 0 Å². The first kappa shape index (κ1) is 22.3. The van der Waals surface area contributed by atoms with E-state index >= 15 is 0 Å². The first-order valence-electron chi connectivity index (χ1n) is 10.5. The van der Waals surface area contributed by atoms with Gasteiger partial charge in [0.25, 0.3) is 5.91 Å². The van der Waals surface area contributed by atoms with Crippen LogP contribution in [0.1, 0.15) is 43.7 Å². The van der Waals surface area contributed by atoms with E-state index < -0.39 is 6.04 Å². The molecule has 1 atom stereocenters. The molecule has 6 heteroatoms. The molecule has 30 heavy (non-hydrogen) atoms. The summed E-state index contributed by atoms with van der Waals surface area (Å²) < 4.78 is 6.74. The molecule has 1 aliphatic rings. The number of nitrogens with one attached hydrogen (secondary N) is 1. The summed E-state index contributed by atoms with van der Waals surface area (Å²) in [5, 5.41) is 3.11. The minimum atomic E-state index is -0.581. The Hall–Kier alpha value is -2.34. The summed E-state index contributed by atoms with van der Waals surface area (Å²) in [6, 6.07) is 15.0. The highest BCUT2D eigenvalue weighted by Crippen LogP contribution is 2.20. The lowest BCUT2D eigenvalue weighted by molar-refractivity contribution is -0.142. The molecule has 1 aliphatic carbocycles.